The summed E-state index contributed by atoms with van der Waals surface area (Å²) >= 11 is 0. The summed E-state index contributed by atoms with van der Waals surface area (Å²) in [6.07, 6.45) is 4.11. The molecule has 7 nitrogen and oxygen atoms in total. The van der Waals surface area contributed by atoms with E-state index in [1.165, 1.54) is 13.3 Å². The van der Waals surface area contributed by atoms with E-state index in [0.29, 0.717) is 12.2 Å². The van der Waals surface area contributed by atoms with E-state index in [9.17, 15) is 14.4 Å². The van der Waals surface area contributed by atoms with Crippen LogP contribution in [0, 0.1) is 0 Å². The zero-order chi connectivity index (χ0) is 18.9. The van der Waals surface area contributed by atoms with Gasteiger partial charge in [0, 0.05) is 13.2 Å². The Balaban J connectivity index is 1.79. The topological polar surface area (TPSA) is 93.7 Å². The maximum Gasteiger partial charge on any atom is 0.338 e. The number of esters is 1. The predicted molar refractivity (Wildman–Crippen MR) is 95.6 cm³/mol. The average Bonchev–Trinajstić information content (AvgIpc) is 2.63. The zero-order valence-electron chi connectivity index (χ0n) is 15.2. The number of carbonyl (C=O) groups is 3. The number of hydrogen-bond acceptors (Lipinski definition) is 5. The van der Waals surface area contributed by atoms with Gasteiger partial charge in [0.1, 0.15) is 0 Å². The van der Waals surface area contributed by atoms with Crippen molar-refractivity contribution >= 4 is 17.9 Å². The summed E-state index contributed by atoms with van der Waals surface area (Å²) in [5.41, 5.74) is 1.25. The second-order valence-electron chi connectivity index (χ2n) is 6.48. The van der Waals surface area contributed by atoms with Gasteiger partial charge < -0.3 is 14.8 Å². The lowest BCUT2D eigenvalue weighted by Crippen LogP contribution is -2.48. The van der Waals surface area contributed by atoms with Crippen LogP contribution in [-0.4, -0.2) is 37.2 Å². The Morgan fingerprint density at radius 1 is 1.12 bits per heavy atom. The van der Waals surface area contributed by atoms with E-state index in [1.807, 2.05) is 0 Å². The summed E-state index contributed by atoms with van der Waals surface area (Å²) in [7, 11) is 1.59. The molecule has 0 spiro atoms. The Morgan fingerprint density at radius 3 is 2.38 bits per heavy atom. The van der Waals surface area contributed by atoms with Crippen molar-refractivity contribution in [3.63, 3.8) is 0 Å². The largest absolute Gasteiger partial charge is 0.449 e. The fraction of sp³-hybridized carbons (Fsp3) is 0.526. The monoisotopic (exact) mass is 362 g/mol. The Morgan fingerprint density at radius 2 is 1.77 bits per heavy atom. The minimum atomic E-state index is -1.07. The minimum absolute atomic E-state index is 0.0972. The van der Waals surface area contributed by atoms with E-state index in [0.717, 1.165) is 31.2 Å². The predicted octanol–water partition coefficient (Wildman–Crippen LogP) is 2.54. The van der Waals surface area contributed by atoms with Gasteiger partial charge in [0.25, 0.3) is 5.91 Å². The number of rotatable bonds is 6. The Labute approximate surface area is 153 Å². The van der Waals surface area contributed by atoms with Gasteiger partial charge in [0.05, 0.1) is 12.2 Å². The maximum atomic E-state index is 12.1. The summed E-state index contributed by atoms with van der Waals surface area (Å²) in [6, 6.07) is 6.27. The molecule has 0 heterocycles. The third-order valence-electron chi connectivity index (χ3n) is 4.33. The standard InChI is InChI=1S/C19H26N2O5/c1-13(17(22)21-19(24)20-16-6-4-3-5-7-16)26-18(23)15-10-8-14(9-11-15)12-25-2/h8-11,13,16H,3-7,12H2,1-2H3,(H2,20,21,22,24)/t13-/m1/s1. The number of carbonyl (C=O) groups excluding carboxylic acids is 3. The molecule has 0 bridgehead atoms. The molecule has 2 rings (SSSR count). The van der Waals surface area contributed by atoms with Gasteiger partial charge in [-0.25, -0.2) is 9.59 Å². The van der Waals surface area contributed by atoms with Crippen LogP contribution in [0.2, 0.25) is 0 Å². The van der Waals surface area contributed by atoms with E-state index in [2.05, 4.69) is 10.6 Å². The average molecular weight is 362 g/mol. The third kappa shape index (κ3) is 6.15. The fourth-order valence-corrected chi connectivity index (χ4v) is 2.87. The zero-order valence-corrected chi connectivity index (χ0v) is 15.2. The highest BCUT2D eigenvalue weighted by Crippen LogP contribution is 2.17. The van der Waals surface area contributed by atoms with Gasteiger partial charge in [0.15, 0.2) is 6.10 Å². The van der Waals surface area contributed by atoms with Crippen molar-refractivity contribution in [2.24, 2.45) is 0 Å². The third-order valence-corrected chi connectivity index (χ3v) is 4.33. The van der Waals surface area contributed by atoms with Crippen LogP contribution in [0.5, 0.6) is 0 Å². The Kier molecular flexibility index (Phi) is 7.59. The lowest BCUT2D eigenvalue weighted by molar-refractivity contribution is -0.127. The van der Waals surface area contributed by atoms with Crippen molar-refractivity contribution in [1.29, 1.82) is 0 Å². The molecule has 1 fully saturated rings. The number of amides is 3. The molecule has 1 aliphatic rings. The molecule has 1 aromatic carbocycles. The molecule has 1 aliphatic carbocycles. The molecule has 1 aromatic rings. The van der Waals surface area contributed by atoms with Gasteiger partial charge in [0.2, 0.25) is 0 Å². The van der Waals surface area contributed by atoms with Gasteiger partial charge in [-0.15, -0.1) is 0 Å². The van der Waals surface area contributed by atoms with Crippen LogP contribution < -0.4 is 10.6 Å². The molecular formula is C19H26N2O5. The first-order valence-electron chi connectivity index (χ1n) is 8.90. The first-order chi connectivity index (χ1) is 12.5. The fourth-order valence-electron chi connectivity index (χ4n) is 2.87. The molecule has 26 heavy (non-hydrogen) atoms. The van der Waals surface area contributed by atoms with E-state index >= 15 is 0 Å². The normalized spacial score (nSPS) is 15.8. The van der Waals surface area contributed by atoms with Crippen LogP contribution in [0.4, 0.5) is 4.79 Å². The van der Waals surface area contributed by atoms with Crippen molar-refractivity contribution in [1.82, 2.24) is 10.6 Å². The highest BCUT2D eigenvalue weighted by Gasteiger charge is 2.22. The quantitative estimate of drug-likeness (QED) is 0.759. The smallest absolute Gasteiger partial charge is 0.338 e. The lowest BCUT2D eigenvalue weighted by atomic mass is 9.96. The van der Waals surface area contributed by atoms with Crippen molar-refractivity contribution in [2.75, 3.05) is 7.11 Å². The second-order valence-corrected chi connectivity index (χ2v) is 6.48. The number of ether oxygens (including phenoxy) is 2. The first kappa shape index (κ1) is 19.9. The minimum Gasteiger partial charge on any atom is -0.449 e. The first-order valence-corrected chi connectivity index (χ1v) is 8.90. The van der Waals surface area contributed by atoms with E-state index in [4.69, 9.17) is 9.47 Å². The number of benzene rings is 1. The number of hydrogen-bond donors (Lipinski definition) is 2. The molecule has 1 saturated carbocycles. The van der Waals surface area contributed by atoms with Gasteiger partial charge >= 0.3 is 12.0 Å². The van der Waals surface area contributed by atoms with Crippen molar-refractivity contribution in [3.05, 3.63) is 35.4 Å². The second kappa shape index (κ2) is 9.91. The van der Waals surface area contributed by atoms with E-state index < -0.39 is 24.0 Å². The van der Waals surface area contributed by atoms with Gasteiger partial charge in [-0.05, 0) is 37.5 Å². The molecule has 2 N–H and O–H groups in total. The van der Waals surface area contributed by atoms with Crippen LogP contribution in [0.1, 0.15) is 54.9 Å². The molecule has 0 aliphatic heterocycles. The highest BCUT2D eigenvalue weighted by molar-refractivity contribution is 5.98. The summed E-state index contributed by atoms with van der Waals surface area (Å²) in [5.74, 6) is -1.27. The summed E-state index contributed by atoms with van der Waals surface area (Å²) in [5, 5.41) is 5.01. The van der Waals surface area contributed by atoms with Crippen LogP contribution in [-0.2, 0) is 20.9 Å². The molecule has 142 valence electrons. The van der Waals surface area contributed by atoms with Crippen molar-refractivity contribution in [2.45, 2.75) is 57.8 Å². The van der Waals surface area contributed by atoms with Crippen LogP contribution in [0.15, 0.2) is 24.3 Å². The molecule has 0 unspecified atom stereocenters. The number of methoxy groups -OCH3 is 1. The molecule has 7 heteroatoms. The molecular weight excluding hydrogens is 336 g/mol. The van der Waals surface area contributed by atoms with Gasteiger partial charge in [-0.1, -0.05) is 31.4 Å². The number of imide groups is 1. The molecule has 0 saturated heterocycles. The molecule has 0 aromatic heterocycles. The highest BCUT2D eigenvalue weighted by atomic mass is 16.5. The van der Waals surface area contributed by atoms with Crippen molar-refractivity contribution < 1.29 is 23.9 Å². The van der Waals surface area contributed by atoms with Crippen LogP contribution >= 0.6 is 0 Å². The van der Waals surface area contributed by atoms with Gasteiger partial charge in [-0.3, -0.25) is 10.1 Å². The molecule has 1 atom stereocenters. The summed E-state index contributed by atoms with van der Waals surface area (Å²) < 4.78 is 10.1. The van der Waals surface area contributed by atoms with Crippen LogP contribution in [0.25, 0.3) is 0 Å². The lowest BCUT2D eigenvalue weighted by Gasteiger charge is -2.23. The number of urea groups is 1. The maximum absolute atomic E-state index is 12.1. The van der Waals surface area contributed by atoms with E-state index in [-0.39, 0.29) is 6.04 Å². The van der Waals surface area contributed by atoms with Crippen LogP contribution in [0.3, 0.4) is 0 Å². The summed E-state index contributed by atoms with van der Waals surface area (Å²) in [6.45, 7) is 1.88. The molecule has 0 radical (unpaired) electrons. The van der Waals surface area contributed by atoms with Crippen molar-refractivity contribution in [3.8, 4) is 0 Å². The number of nitrogens with one attached hydrogen (secondary N) is 2. The van der Waals surface area contributed by atoms with E-state index in [1.54, 1.807) is 31.4 Å². The molecule has 3 amide bonds. The Hall–Kier alpha value is -2.41. The van der Waals surface area contributed by atoms with Gasteiger partial charge in [-0.2, -0.15) is 0 Å². The summed E-state index contributed by atoms with van der Waals surface area (Å²) in [4.78, 5) is 36.0. The Bertz CT molecular complexity index is 623. The SMILES string of the molecule is COCc1ccc(C(=O)O[C@H](C)C(=O)NC(=O)NC2CCCCC2)cc1.